The Morgan fingerprint density at radius 3 is 2.50 bits per heavy atom. The number of rotatable bonds is 6. The first-order chi connectivity index (χ1) is 14.1. The molecule has 8 nitrogen and oxygen atoms in total. The number of urea groups is 1. The second-order valence-corrected chi connectivity index (χ2v) is 8.68. The van der Waals surface area contributed by atoms with Crippen molar-refractivity contribution in [2.75, 3.05) is 40.4 Å². The summed E-state index contributed by atoms with van der Waals surface area (Å²) in [6, 6.07) is 7.16. The first-order valence-electron chi connectivity index (χ1n) is 10.1. The van der Waals surface area contributed by atoms with E-state index in [2.05, 4.69) is 31.4 Å². The molecule has 0 spiro atoms. The zero-order valence-corrected chi connectivity index (χ0v) is 18.2. The molecule has 2 N–H and O–H groups in total. The monoisotopic (exact) mass is 414 g/mol. The van der Waals surface area contributed by atoms with Gasteiger partial charge in [0.2, 0.25) is 5.91 Å². The van der Waals surface area contributed by atoms with Gasteiger partial charge in [0.25, 0.3) is 5.91 Å². The fourth-order valence-corrected chi connectivity index (χ4v) is 3.70. The number of carbonyl (C=O) groups excluding carboxylic acids is 3. The Bertz CT molecular complexity index is 870. The lowest BCUT2D eigenvalue weighted by molar-refractivity contribution is -0.132. The van der Waals surface area contributed by atoms with E-state index in [1.165, 1.54) is 15.4 Å². The van der Waals surface area contributed by atoms with Crippen LogP contribution < -0.4 is 10.6 Å². The van der Waals surface area contributed by atoms with E-state index in [1.54, 1.807) is 14.2 Å². The van der Waals surface area contributed by atoms with Crippen molar-refractivity contribution in [3.8, 4) is 0 Å². The average molecular weight is 415 g/mol. The first-order valence-corrected chi connectivity index (χ1v) is 10.1. The van der Waals surface area contributed by atoms with E-state index in [-0.39, 0.29) is 36.3 Å². The van der Waals surface area contributed by atoms with Crippen molar-refractivity contribution < 1.29 is 19.1 Å². The molecule has 4 amide bonds. The Morgan fingerprint density at radius 2 is 1.90 bits per heavy atom. The Hall–Kier alpha value is -2.87. The predicted molar refractivity (Wildman–Crippen MR) is 113 cm³/mol. The Kier molecular flexibility index (Phi) is 6.17. The van der Waals surface area contributed by atoms with Gasteiger partial charge in [-0.25, -0.2) is 4.79 Å². The molecule has 2 heterocycles. The molecule has 0 saturated heterocycles. The summed E-state index contributed by atoms with van der Waals surface area (Å²) < 4.78 is 4.92. The standard InChI is InChI=1S/C22H30N4O4/c1-22(2,3)15-8-6-14(7-9-15)19-18-16(25(4)21(29)24-19)12-26(20(18)28)13-17(27)23-10-11-30-5/h6-9,19H,10-13H2,1-5H3,(H,23,27)(H,24,29). The van der Waals surface area contributed by atoms with E-state index in [1.807, 2.05) is 24.3 Å². The van der Waals surface area contributed by atoms with E-state index in [0.717, 1.165) is 5.56 Å². The molecule has 30 heavy (non-hydrogen) atoms. The number of ether oxygens (including phenoxy) is 1. The summed E-state index contributed by atoms with van der Waals surface area (Å²) >= 11 is 0. The van der Waals surface area contributed by atoms with Gasteiger partial charge in [-0.3, -0.25) is 14.5 Å². The Labute approximate surface area is 177 Å². The molecule has 0 aliphatic carbocycles. The van der Waals surface area contributed by atoms with Crippen molar-refractivity contribution >= 4 is 17.8 Å². The maximum atomic E-state index is 13.2. The van der Waals surface area contributed by atoms with Gasteiger partial charge >= 0.3 is 6.03 Å². The number of nitrogens with one attached hydrogen (secondary N) is 2. The first kappa shape index (κ1) is 21.8. The van der Waals surface area contributed by atoms with Crippen LogP contribution in [0, 0.1) is 0 Å². The molecule has 0 radical (unpaired) electrons. The van der Waals surface area contributed by atoms with Crippen LogP contribution in [0.3, 0.4) is 0 Å². The molecule has 2 aliphatic heterocycles. The summed E-state index contributed by atoms with van der Waals surface area (Å²) in [6.07, 6.45) is 0. The van der Waals surface area contributed by atoms with Crippen LogP contribution in [0.4, 0.5) is 4.79 Å². The zero-order chi connectivity index (χ0) is 22.1. The van der Waals surface area contributed by atoms with Crippen LogP contribution in [-0.2, 0) is 19.7 Å². The van der Waals surface area contributed by atoms with Crippen LogP contribution in [0.1, 0.15) is 37.9 Å². The van der Waals surface area contributed by atoms with Gasteiger partial charge in [0.05, 0.1) is 30.5 Å². The fraction of sp³-hybridized carbons (Fsp3) is 0.500. The number of benzene rings is 1. The lowest BCUT2D eigenvalue weighted by Gasteiger charge is -2.31. The highest BCUT2D eigenvalue weighted by Crippen LogP contribution is 2.36. The van der Waals surface area contributed by atoms with Crippen LogP contribution in [0.25, 0.3) is 0 Å². The van der Waals surface area contributed by atoms with Crippen molar-refractivity contribution in [2.45, 2.75) is 32.2 Å². The van der Waals surface area contributed by atoms with E-state index in [4.69, 9.17) is 4.74 Å². The van der Waals surface area contributed by atoms with Crippen LogP contribution in [-0.4, -0.2) is 68.0 Å². The molecule has 1 unspecified atom stereocenters. The van der Waals surface area contributed by atoms with E-state index >= 15 is 0 Å². The van der Waals surface area contributed by atoms with Crippen molar-refractivity contribution in [3.05, 3.63) is 46.7 Å². The molecule has 0 saturated carbocycles. The summed E-state index contributed by atoms with van der Waals surface area (Å²) in [5.41, 5.74) is 3.18. The molecule has 0 fully saturated rings. The Morgan fingerprint density at radius 1 is 1.23 bits per heavy atom. The fourth-order valence-electron chi connectivity index (χ4n) is 3.70. The maximum absolute atomic E-state index is 13.2. The molecule has 8 heteroatoms. The van der Waals surface area contributed by atoms with Gasteiger partial charge in [0.1, 0.15) is 6.54 Å². The molecule has 162 valence electrons. The summed E-state index contributed by atoms with van der Waals surface area (Å²) in [6.45, 7) is 7.36. The summed E-state index contributed by atoms with van der Waals surface area (Å²) in [5, 5.41) is 5.65. The minimum Gasteiger partial charge on any atom is -0.383 e. The van der Waals surface area contributed by atoms with Crippen molar-refractivity contribution in [2.24, 2.45) is 0 Å². The predicted octanol–water partition coefficient (Wildman–Crippen LogP) is 1.54. The third kappa shape index (κ3) is 4.33. The SMILES string of the molecule is COCCNC(=O)CN1CC2=C(C1=O)C(c1ccc(C(C)(C)C)cc1)NC(=O)N2C. The number of hydrogen-bond donors (Lipinski definition) is 2. The lowest BCUT2D eigenvalue weighted by atomic mass is 9.85. The van der Waals surface area contributed by atoms with Crippen LogP contribution in [0.2, 0.25) is 0 Å². The van der Waals surface area contributed by atoms with E-state index in [0.29, 0.717) is 24.4 Å². The maximum Gasteiger partial charge on any atom is 0.322 e. The molecule has 2 aliphatic rings. The number of methoxy groups -OCH3 is 1. The number of hydrogen-bond acceptors (Lipinski definition) is 4. The topological polar surface area (TPSA) is 91.0 Å². The van der Waals surface area contributed by atoms with Gasteiger partial charge in [0, 0.05) is 20.7 Å². The molecule has 1 atom stereocenters. The number of amides is 4. The minimum absolute atomic E-state index is 0.00907. The second kappa shape index (κ2) is 8.47. The van der Waals surface area contributed by atoms with Crippen molar-refractivity contribution in [1.29, 1.82) is 0 Å². The quantitative estimate of drug-likeness (QED) is 0.691. The minimum atomic E-state index is -0.535. The molecule has 3 rings (SSSR count). The number of nitrogens with zero attached hydrogens (tertiary/aromatic N) is 2. The summed E-state index contributed by atoms with van der Waals surface area (Å²) in [5.74, 6) is -0.489. The number of carbonyl (C=O) groups is 3. The van der Waals surface area contributed by atoms with Crippen molar-refractivity contribution in [1.82, 2.24) is 20.4 Å². The van der Waals surface area contributed by atoms with Crippen LogP contribution in [0.15, 0.2) is 35.5 Å². The molecule has 0 bridgehead atoms. The third-order valence-electron chi connectivity index (χ3n) is 5.51. The van der Waals surface area contributed by atoms with E-state index in [9.17, 15) is 14.4 Å². The highest BCUT2D eigenvalue weighted by Gasteiger charge is 2.43. The lowest BCUT2D eigenvalue weighted by Crippen LogP contribution is -2.45. The average Bonchev–Trinajstić information content (AvgIpc) is 3.01. The largest absolute Gasteiger partial charge is 0.383 e. The normalized spacial score (nSPS) is 19.2. The smallest absolute Gasteiger partial charge is 0.322 e. The third-order valence-corrected chi connectivity index (χ3v) is 5.51. The van der Waals surface area contributed by atoms with Crippen LogP contribution >= 0.6 is 0 Å². The summed E-state index contributed by atoms with van der Waals surface area (Å²) in [7, 11) is 3.20. The number of likely N-dealkylation sites (N-methyl/N-ethyl adjacent to an activating group) is 1. The Balaban J connectivity index is 1.82. The second-order valence-electron chi connectivity index (χ2n) is 8.68. The molecule has 1 aromatic rings. The van der Waals surface area contributed by atoms with Gasteiger partial charge in [-0.2, -0.15) is 0 Å². The molecular formula is C22H30N4O4. The van der Waals surface area contributed by atoms with Crippen molar-refractivity contribution in [3.63, 3.8) is 0 Å². The summed E-state index contributed by atoms with van der Waals surface area (Å²) in [4.78, 5) is 40.8. The molecule has 0 aromatic heterocycles. The zero-order valence-electron chi connectivity index (χ0n) is 18.2. The van der Waals surface area contributed by atoms with Gasteiger partial charge in [0.15, 0.2) is 0 Å². The van der Waals surface area contributed by atoms with Gasteiger partial charge in [-0.1, -0.05) is 45.0 Å². The molecule has 1 aromatic carbocycles. The van der Waals surface area contributed by atoms with E-state index < -0.39 is 6.04 Å². The van der Waals surface area contributed by atoms with Gasteiger partial charge in [-0.15, -0.1) is 0 Å². The van der Waals surface area contributed by atoms with Crippen LogP contribution in [0.5, 0.6) is 0 Å². The van der Waals surface area contributed by atoms with Gasteiger partial charge in [-0.05, 0) is 16.5 Å². The highest BCUT2D eigenvalue weighted by molar-refractivity contribution is 6.02. The van der Waals surface area contributed by atoms with Gasteiger partial charge < -0.3 is 20.3 Å². The molecular weight excluding hydrogens is 384 g/mol. The highest BCUT2D eigenvalue weighted by atomic mass is 16.5.